The number of rotatable bonds is 7. The fourth-order valence-corrected chi connectivity index (χ4v) is 4.52. The molecule has 1 aliphatic heterocycles. The standard InChI is InChI=1S/C27H27NO6/c1-15(2)25-19-11-20(27(30)31)26(29)28(17-9-10-17)24(19)18-12-22(32-3)23(13-21(18)34-25)33-14-16-7-5-4-6-8-16/h4-8,11-13,15,17,25H,9-10,14H2,1-3H3,(H,30,31). The van der Waals surface area contributed by atoms with E-state index in [1.54, 1.807) is 11.7 Å². The summed E-state index contributed by atoms with van der Waals surface area (Å²) in [6, 6.07) is 14.9. The summed E-state index contributed by atoms with van der Waals surface area (Å²) in [5, 5.41) is 9.69. The number of fused-ring (bicyclic) bond motifs is 3. The second kappa shape index (κ2) is 8.56. The topological polar surface area (TPSA) is 87.0 Å². The van der Waals surface area contributed by atoms with Crippen LogP contribution < -0.4 is 19.8 Å². The number of ether oxygens (including phenoxy) is 3. The van der Waals surface area contributed by atoms with Gasteiger partial charge in [-0.15, -0.1) is 0 Å². The average molecular weight is 462 g/mol. The van der Waals surface area contributed by atoms with Crippen molar-refractivity contribution in [2.24, 2.45) is 5.92 Å². The fourth-order valence-electron chi connectivity index (χ4n) is 4.52. The van der Waals surface area contributed by atoms with Gasteiger partial charge in [-0.25, -0.2) is 4.79 Å². The molecule has 2 heterocycles. The van der Waals surface area contributed by atoms with Crippen LogP contribution in [0.25, 0.3) is 11.3 Å². The van der Waals surface area contributed by atoms with Crippen LogP contribution in [0.15, 0.2) is 53.3 Å². The molecule has 7 heteroatoms. The third-order valence-electron chi connectivity index (χ3n) is 6.33. The highest BCUT2D eigenvalue weighted by molar-refractivity contribution is 5.89. The smallest absolute Gasteiger partial charge is 0.341 e. The lowest BCUT2D eigenvalue weighted by atomic mass is 9.89. The fraction of sp³-hybridized carbons (Fsp3) is 0.333. The van der Waals surface area contributed by atoms with E-state index in [9.17, 15) is 14.7 Å². The summed E-state index contributed by atoms with van der Waals surface area (Å²) in [5.41, 5.74) is 2.46. The van der Waals surface area contributed by atoms with E-state index in [2.05, 4.69) is 0 Å². The monoisotopic (exact) mass is 461 g/mol. The van der Waals surface area contributed by atoms with Crippen molar-refractivity contribution in [3.63, 3.8) is 0 Å². The van der Waals surface area contributed by atoms with Crippen molar-refractivity contribution in [3.8, 4) is 28.5 Å². The van der Waals surface area contributed by atoms with E-state index in [-0.39, 0.29) is 17.5 Å². The highest BCUT2D eigenvalue weighted by atomic mass is 16.5. The van der Waals surface area contributed by atoms with Gasteiger partial charge in [0, 0.05) is 23.2 Å². The summed E-state index contributed by atoms with van der Waals surface area (Å²) < 4.78 is 19.8. The number of carbonyl (C=O) groups is 1. The van der Waals surface area contributed by atoms with Gasteiger partial charge in [0.15, 0.2) is 11.5 Å². The van der Waals surface area contributed by atoms with Gasteiger partial charge in [-0.05, 0) is 36.5 Å². The molecule has 0 amide bonds. The predicted molar refractivity (Wildman–Crippen MR) is 127 cm³/mol. The van der Waals surface area contributed by atoms with Crippen LogP contribution in [0.3, 0.4) is 0 Å². The molecule has 2 aliphatic rings. The van der Waals surface area contributed by atoms with Crippen molar-refractivity contribution in [2.75, 3.05) is 7.11 Å². The van der Waals surface area contributed by atoms with Gasteiger partial charge in [-0.1, -0.05) is 44.2 Å². The number of hydrogen-bond donors (Lipinski definition) is 1. The van der Waals surface area contributed by atoms with Crippen molar-refractivity contribution >= 4 is 5.97 Å². The predicted octanol–water partition coefficient (Wildman–Crippen LogP) is 5.23. The Hall–Kier alpha value is -3.74. The Morgan fingerprint density at radius 3 is 2.50 bits per heavy atom. The summed E-state index contributed by atoms with van der Waals surface area (Å²) in [6.07, 6.45) is 1.28. The van der Waals surface area contributed by atoms with Crippen LogP contribution >= 0.6 is 0 Å². The molecule has 34 heavy (non-hydrogen) atoms. The quantitative estimate of drug-likeness (QED) is 0.519. The van der Waals surface area contributed by atoms with Gasteiger partial charge in [-0.3, -0.25) is 4.79 Å². The van der Waals surface area contributed by atoms with E-state index < -0.39 is 17.6 Å². The number of benzene rings is 2. The van der Waals surface area contributed by atoms with Crippen molar-refractivity contribution in [2.45, 2.75) is 45.4 Å². The van der Waals surface area contributed by atoms with Crippen LogP contribution in [0.2, 0.25) is 0 Å². The Bertz CT molecular complexity index is 1310. The molecule has 1 saturated carbocycles. The van der Waals surface area contributed by atoms with Crippen molar-refractivity contribution in [1.29, 1.82) is 0 Å². The van der Waals surface area contributed by atoms with E-state index in [4.69, 9.17) is 14.2 Å². The molecule has 1 unspecified atom stereocenters. The van der Waals surface area contributed by atoms with Gasteiger partial charge in [0.25, 0.3) is 5.56 Å². The lowest BCUT2D eigenvalue weighted by Crippen LogP contribution is -2.32. The maximum absolute atomic E-state index is 13.2. The molecular weight excluding hydrogens is 434 g/mol. The van der Waals surface area contributed by atoms with Crippen LogP contribution in [0.1, 0.15) is 60.3 Å². The molecule has 7 nitrogen and oxygen atoms in total. The summed E-state index contributed by atoms with van der Waals surface area (Å²) in [5.74, 6) is 0.474. The Labute approximate surface area is 197 Å². The largest absolute Gasteiger partial charge is 0.493 e. The van der Waals surface area contributed by atoms with Gasteiger partial charge < -0.3 is 23.9 Å². The molecule has 176 valence electrons. The average Bonchev–Trinajstić information content (AvgIpc) is 3.66. The number of aromatic nitrogens is 1. The number of pyridine rings is 1. The van der Waals surface area contributed by atoms with Gasteiger partial charge in [-0.2, -0.15) is 0 Å². The first kappa shape index (κ1) is 22.1. The first-order valence-electron chi connectivity index (χ1n) is 11.5. The van der Waals surface area contributed by atoms with Crippen LogP contribution in [0.5, 0.6) is 17.2 Å². The van der Waals surface area contributed by atoms with E-state index in [0.717, 1.165) is 18.4 Å². The van der Waals surface area contributed by atoms with Crippen molar-refractivity contribution in [3.05, 3.63) is 75.6 Å². The van der Waals surface area contributed by atoms with Crippen molar-refractivity contribution in [1.82, 2.24) is 4.57 Å². The van der Waals surface area contributed by atoms with E-state index in [0.29, 0.717) is 40.7 Å². The van der Waals surface area contributed by atoms with Gasteiger partial charge in [0.1, 0.15) is 24.0 Å². The van der Waals surface area contributed by atoms with Crippen LogP contribution in [-0.4, -0.2) is 22.8 Å². The third-order valence-corrected chi connectivity index (χ3v) is 6.33. The van der Waals surface area contributed by atoms with E-state index in [1.165, 1.54) is 6.07 Å². The Morgan fingerprint density at radius 2 is 1.88 bits per heavy atom. The maximum Gasteiger partial charge on any atom is 0.341 e. The van der Waals surface area contributed by atoms with Crippen molar-refractivity contribution < 1.29 is 24.1 Å². The molecule has 2 aromatic carbocycles. The lowest BCUT2D eigenvalue weighted by Gasteiger charge is -2.33. The first-order chi connectivity index (χ1) is 16.4. The number of carboxylic acids is 1. The van der Waals surface area contributed by atoms with Gasteiger partial charge in [0.2, 0.25) is 0 Å². The van der Waals surface area contributed by atoms with Crippen LogP contribution in [-0.2, 0) is 6.61 Å². The zero-order chi connectivity index (χ0) is 24.0. The molecule has 1 fully saturated rings. The minimum atomic E-state index is -1.22. The Morgan fingerprint density at radius 1 is 1.15 bits per heavy atom. The second-order valence-electron chi connectivity index (χ2n) is 9.13. The first-order valence-corrected chi connectivity index (χ1v) is 11.5. The highest BCUT2D eigenvalue weighted by Gasteiger charge is 2.38. The normalized spacial score (nSPS) is 16.4. The molecule has 1 N–H and O–H groups in total. The zero-order valence-corrected chi connectivity index (χ0v) is 19.4. The van der Waals surface area contributed by atoms with E-state index >= 15 is 0 Å². The number of aromatic carboxylic acids is 1. The SMILES string of the molecule is COc1cc2c(cc1OCc1ccccc1)OC(C(C)C)c1cc(C(=O)O)c(=O)n(C3CC3)c1-2. The number of nitrogens with zero attached hydrogens (tertiary/aromatic N) is 1. The molecule has 3 aromatic rings. The molecule has 0 bridgehead atoms. The molecule has 0 spiro atoms. The van der Waals surface area contributed by atoms with E-state index in [1.807, 2.05) is 56.3 Å². The summed E-state index contributed by atoms with van der Waals surface area (Å²) in [6.45, 7) is 4.40. The highest BCUT2D eigenvalue weighted by Crippen LogP contribution is 2.51. The number of hydrogen-bond acceptors (Lipinski definition) is 5. The molecule has 5 rings (SSSR count). The Balaban J connectivity index is 1.67. The lowest BCUT2D eigenvalue weighted by molar-refractivity contribution is 0.0693. The summed E-state index contributed by atoms with van der Waals surface area (Å²) >= 11 is 0. The second-order valence-corrected chi connectivity index (χ2v) is 9.13. The molecule has 1 aromatic heterocycles. The van der Waals surface area contributed by atoms with Gasteiger partial charge >= 0.3 is 5.97 Å². The number of carboxylic acid groups (broad SMARTS) is 1. The molecule has 0 saturated heterocycles. The molecular formula is C27H27NO6. The minimum absolute atomic E-state index is 0.0145. The molecule has 1 aliphatic carbocycles. The van der Waals surface area contributed by atoms with Crippen LogP contribution in [0, 0.1) is 5.92 Å². The molecule has 1 atom stereocenters. The summed E-state index contributed by atoms with van der Waals surface area (Å²) in [4.78, 5) is 25.1. The maximum atomic E-state index is 13.2. The molecule has 0 radical (unpaired) electrons. The number of methoxy groups -OCH3 is 1. The summed E-state index contributed by atoms with van der Waals surface area (Å²) in [7, 11) is 1.57. The van der Waals surface area contributed by atoms with Crippen LogP contribution in [0.4, 0.5) is 0 Å². The zero-order valence-electron chi connectivity index (χ0n) is 19.4. The Kier molecular flexibility index (Phi) is 5.55. The van der Waals surface area contributed by atoms with Gasteiger partial charge in [0.05, 0.1) is 12.8 Å². The third kappa shape index (κ3) is 3.81. The minimum Gasteiger partial charge on any atom is -0.493 e.